The van der Waals surface area contributed by atoms with E-state index < -0.39 is 46.1 Å². The molecule has 2 saturated heterocycles. The Bertz CT molecular complexity index is 1020. The summed E-state index contributed by atoms with van der Waals surface area (Å²) in [5, 5.41) is 14.7. The third-order valence-electron chi connectivity index (χ3n) is 4.65. The molecule has 0 unspecified atom stereocenters. The van der Waals surface area contributed by atoms with Crippen LogP contribution in [0.15, 0.2) is 0 Å². The van der Waals surface area contributed by atoms with E-state index in [-0.39, 0.29) is 38.5 Å². The van der Waals surface area contributed by atoms with Crippen molar-refractivity contribution in [2.75, 3.05) is 13.2 Å². The molecule has 2 aliphatic rings. The van der Waals surface area contributed by atoms with Gasteiger partial charge in [-0.15, -0.1) is 14.5 Å². The molecule has 1 aromatic heterocycles. The van der Waals surface area contributed by atoms with Crippen LogP contribution < -0.4 is 10.8 Å². The van der Waals surface area contributed by atoms with Gasteiger partial charge in [-0.1, -0.05) is 0 Å². The number of hydrogen-bond acceptors (Lipinski definition) is 11. The highest BCUT2D eigenvalue weighted by molar-refractivity contribution is 7.80. The molecule has 1 aromatic rings. The van der Waals surface area contributed by atoms with Crippen molar-refractivity contribution >= 4 is 28.4 Å². The van der Waals surface area contributed by atoms with Crippen LogP contribution in [0.2, 0.25) is 0 Å². The summed E-state index contributed by atoms with van der Waals surface area (Å²) in [6, 6.07) is -2.34. The third-order valence-corrected chi connectivity index (χ3v) is 5.00. The van der Waals surface area contributed by atoms with E-state index in [1.807, 2.05) is 0 Å². The first-order chi connectivity index (χ1) is 15.8. The molecule has 3 N–H and O–H groups in total. The zero-order valence-corrected chi connectivity index (χ0v) is 19.5. The maximum atomic E-state index is 12.4. The first-order valence-corrected chi connectivity index (χ1v) is 11.6. The van der Waals surface area contributed by atoms with Crippen molar-refractivity contribution < 1.29 is 41.2 Å². The molecule has 2 atom stereocenters. The van der Waals surface area contributed by atoms with Crippen LogP contribution in [0.5, 0.6) is 0 Å². The predicted molar refractivity (Wildman–Crippen MR) is 108 cm³/mol. The van der Waals surface area contributed by atoms with Crippen LogP contribution in [0.25, 0.3) is 0 Å². The summed E-state index contributed by atoms with van der Waals surface area (Å²) >= 11 is 0. The fraction of sp³-hybridized carbons (Fsp3) is 0.750. The molecular formula is C16H26N8O9S. The summed E-state index contributed by atoms with van der Waals surface area (Å²) in [4.78, 5) is 43.9. The van der Waals surface area contributed by atoms with Crippen LogP contribution in [-0.2, 0) is 42.1 Å². The molecule has 0 spiro atoms. The van der Waals surface area contributed by atoms with Gasteiger partial charge in [0.25, 0.3) is 5.91 Å². The Morgan fingerprint density at radius 2 is 2.00 bits per heavy atom. The van der Waals surface area contributed by atoms with Crippen molar-refractivity contribution in [2.45, 2.75) is 64.4 Å². The molecule has 0 aromatic carbocycles. The van der Waals surface area contributed by atoms with Gasteiger partial charge in [0.1, 0.15) is 11.6 Å². The number of tetrazole rings is 1. The first kappa shape index (κ1) is 25.5. The van der Waals surface area contributed by atoms with Crippen LogP contribution in [0, 0.1) is 0 Å². The van der Waals surface area contributed by atoms with Crippen LogP contribution >= 0.6 is 0 Å². The van der Waals surface area contributed by atoms with Crippen LogP contribution in [0.4, 0.5) is 9.59 Å². The summed E-state index contributed by atoms with van der Waals surface area (Å²) in [5.74, 6) is -0.356. The molecule has 17 nitrogen and oxygen atoms in total. The lowest BCUT2D eigenvalue weighted by Gasteiger charge is -2.28. The number of hydrogen-bond donors (Lipinski definition) is 3. The molecule has 18 heteroatoms. The van der Waals surface area contributed by atoms with E-state index in [9.17, 15) is 22.8 Å². The van der Waals surface area contributed by atoms with Gasteiger partial charge in [-0.2, -0.15) is 18.3 Å². The summed E-state index contributed by atoms with van der Waals surface area (Å²) in [6.45, 7) is 5.39. The van der Waals surface area contributed by atoms with Crippen LogP contribution in [0.3, 0.4) is 0 Å². The van der Waals surface area contributed by atoms with Gasteiger partial charge in [-0.25, -0.2) is 15.1 Å². The number of urea groups is 1. The van der Waals surface area contributed by atoms with E-state index in [0.717, 1.165) is 4.90 Å². The molecule has 3 heterocycles. The molecule has 0 radical (unpaired) electrons. The van der Waals surface area contributed by atoms with E-state index in [1.165, 1.54) is 4.80 Å². The number of aromatic nitrogens is 4. The maximum absolute atomic E-state index is 12.4. The molecule has 34 heavy (non-hydrogen) atoms. The molecule has 2 bridgehead atoms. The number of ether oxygens (including phenoxy) is 1. The Hall–Kier alpha value is -3.09. The highest BCUT2D eigenvalue weighted by Crippen LogP contribution is 2.30. The minimum Gasteiger partial charge on any atom is -0.444 e. The molecule has 2 fully saturated rings. The minimum atomic E-state index is -4.87. The van der Waals surface area contributed by atoms with Crippen molar-refractivity contribution in [3.05, 3.63) is 5.82 Å². The number of rotatable bonds is 9. The number of piperidine rings is 1. The molecule has 4 amide bonds. The third kappa shape index (κ3) is 6.95. The highest BCUT2D eigenvalue weighted by atomic mass is 32.3. The minimum absolute atomic E-state index is 0.0113. The fourth-order valence-corrected chi connectivity index (χ4v) is 3.72. The van der Waals surface area contributed by atoms with Crippen LogP contribution in [0.1, 0.15) is 39.4 Å². The average molecular weight is 506 g/mol. The van der Waals surface area contributed by atoms with Gasteiger partial charge >= 0.3 is 22.5 Å². The lowest BCUT2D eigenvalue weighted by Crippen LogP contribution is -2.49. The Morgan fingerprint density at radius 3 is 2.68 bits per heavy atom. The van der Waals surface area contributed by atoms with Gasteiger partial charge in [0, 0.05) is 6.54 Å². The second-order valence-electron chi connectivity index (χ2n) is 8.48. The molecular weight excluding hydrogens is 480 g/mol. The van der Waals surface area contributed by atoms with Crippen molar-refractivity contribution in [3.63, 3.8) is 0 Å². The largest absolute Gasteiger partial charge is 0.444 e. The number of alkyl carbamates (subject to hydrolysis) is 1. The number of nitrogens with one attached hydrogen (secondary N) is 2. The summed E-state index contributed by atoms with van der Waals surface area (Å²) < 4.78 is 40.1. The topological polar surface area (TPSA) is 207 Å². The van der Waals surface area contributed by atoms with Gasteiger partial charge in [0.15, 0.2) is 5.82 Å². The predicted octanol–water partition coefficient (Wildman–Crippen LogP) is -1.25. The molecule has 3 rings (SSSR count). The van der Waals surface area contributed by atoms with Gasteiger partial charge in [-0.05, 0) is 38.8 Å². The first-order valence-electron chi connectivity index (χ1n) is 10.2. The SMILES string of the molecule is CC(C)(C)OC(=O)NCc1nnn(CCONC(=O)[C@@H]2CC[C@@H]3CN2C(=O)N3OS(=O)(=O)O)n1. The quantitative estimate of drug-likeness (QED) is 0.204. The normalized spacial score (nSPS) is 20.4. The second kappa shape index (κ2) is 10.0. The molecule has 2 aliphatic heterocycles. The number of amides is 4. The maximum Gasteiger partial charge on any atom is 0.418 e. The smallest absolute Gasteiger partial charge is 0.418 e. The van der Waals surface area contributed by atoms with Crippen molar-refractivity contribution in [3.8, 4) is 0 Å². The molecule has 0 saturated carbocycles. The van der Waals surface area contributed by atoms with Gasteiger partial charge in [0.05, 0.1) is 25.7 Å². The van der Waals surface area contributed by atoms with Crippen molar-refractivity contribution in [1.29, 1.82) is 0 Å². The summed E-state index contributed by atoms with van der Waals surface area (Å²) in [5.41, 5.74) is 1.60. The monoisotopic (exact) mass is 506 g/mol. The Morgan fingerprint density at radius 1 is 1.26 bits per heavy atom. The van der Waals surface area contributed by atoms with E-state index in [1.54, 1.807) is 20.8 Å². The molecule has 190 valence electrons. The number of fused-ring (bicyclic) bond motifs is 2. The van der Waals surface area contributed by atoms with E-state index in [4.69, 9.17) is 14.1 Å². The van der Waals surface area contributed by atoms with Gasteiger partial charge in [-0.3, -0.25) is 14.2 Å². The van der Waals surface area contributed by atoms with Crippen LogP contribution in [-0.4, -0.2) is 92.0 Å². The van der Waals surface area contributed by atoms with E-state index in [2.05, 4.69) is 30.5 Å². The average Bonchev–Trinajstić information content (AvgIpc) is 3.26. The number of carbonyl (C=O) groups is 3. The Balaban J connectivity index is 1.39. The van der Waals surface area contributed by atoms with E-state index >= 15 is 0 Å². The van der Waals surface area contributed by atoms with E-state index in [0.29, 0.717) is 11.5 Å². The summed E-state index contributed by atoms with van der Waals surface area (Å²) in [7, 11) is -4.87. The van der Waals surface area contributed by atoms with Crippen molar-refractivity contribution in [2.24, 2.45) is 0 Å². The molecule has 0 aliphatic carbocycles. The number of carbonyl (C=O) groups excluding carboxylic acids is 3. The van der Waals surface area contributed by atoms with Crippen molar-refractivity contribution in [1.82, 2.24) is 41.0 Å². The lowest BCUT2D eigenvalue weighted by molar-refractivity contribution is -0.139. The lowest BCUT2D eigenvalue weighted by atomic mass is 10.0. The van der Waals surface area contributed by atoms with Gasteiger partial charge in [0.2, 0.25) is 0 Å². The van der Waals surface area contributed by atoms with Gasteiger partial charge < -0.3 is 15.0 Å². The fourth-order valence-electron chi connectivity index (χ4n) is 3.33. The standard InChI is InChI=1S/C16H26N8O9S/c1-16(2,3)32-14(26)17-8-12-18-21-23(19-12)6-7-31-20-13(25)11-5-4-10-9-22(11)15(27)24(10)33-34(28,29)30/h10-11H,4-9H2,1-3H3,(H,17,26)(H,20,25)(H,28,29,30)/t10-,11+/m1/s1. The zero-order chi connectivity index (χ0) is 25.1. The summed E-state index contributed by atoms with van der Waals surface area (Å²) in [6.07, 6.45) is -0.0814. The highest BCUT2D eigenvalue weighted by Gasteiger charge is 2.49. The Labute approximate surface area is 194 Å². The second-order valence-corrected chi connectivity index (χ2v) is 9.49. The Kier molecular flexibility index (Phi) is 7.54. The number of hydroxylamine groups is 3. The zero-order valence-electron chi connectivity index (χ0n) is 18.7. The number of nitrogens with zero attached hydrogens (tertiary/aromatic N) is 6.